The second-order valence-electron chi connectivity index (χ2n) is 15.3. The van der Waals surface area contributed by atoms with E-state index in [9.17, 15) is 39.0 Å². The molecule has 14 heteroatoms. The van der Waals surface area contributed by atoms with Crippen LogP contribution in [0, 0.1) is 24.7 Å². The van der Waals surface area contributed by atoms with Gasteiger partial charge in [0.2, 0.25) is 17.7 Å². The van der Waals surface area contributed by atoms with Crippen molar-refractivity contribution < 1.29 is 43.7 Å². The van der Waals surface area contributed by atoms with Gasteiger partial charge in [-0.3, -0.25) is 29.0 Å². The van der Waals surface area contributed by atoms with Gasteiger partial charge in [-0.2, -0.15) is 0 Å². The summed E-state index contributed by atoms with van der Waals surface area (Å²) >= 11 is 0. The van der Waals surface area contributed by atoms with Gasteiger partial charge in [-0.05, 0) is 57.1 Å². The fourth-order valence-electron chi connectivity index (χ4n) is 6.68. The molecule has 312 valence electrons. The molecule has 3 rings (SSSR count). The number of cyclic esters (lactones) is 1. The van der Waals surface area contributed by atoms with E-state index in [0.717, 1.165) is 11.1 Å². The Labute approximate surface area is 336 Å². The zero-order chi connectivity index (χ0) is 42.2. The van der Waals surface area contributed by atoms with Crippen LogP contribution in [0.3, 0.4) is 0 Å². The van der Waals surface area contributed by atoms with E-state index in [-0.39, 0.29) is 43.9 Å². The Morgan fingerprint density at radius 1 is 1.07 bits per heavy atom. The van der Waals surface area contributed by atoms with E-state index in [4.69, 9.17) is 4.74 Å². The average Bonchev–Trinajstić information content (AvgIpc) is 3.17. The predicted molar refractivity (Wildman–Crippen MR) is 216 cm³/mol. The molecule has 6 N–H and O–H groups in total. The number of carbonyl (C=O) groups excluding carboxylic acids is 6. The Morgan fingerprint density at radius 3 is 2.47 bits per heavy atom. The van der Waals surface area contributed by atoms with Crippen molar-refractivity contribution in [3.63, 3.8) is 0 Å². The lowest BCUT2D eigenvalue weighted by atomic mass is 9.84. The van der Waals surface area contributed by atoms with Gasteiger partial charge >= 0.3 is 5.97 Å². The van der Waals surface area contributed by atoms with Crippen molar-refractivity contribution in [3.05, 3.63) is 83.5 Å². The van der Waals surface area contributed by atoms with Crippen molar-refractivity contribution in [2.45, 2.75) is 117 Å². The number of nitrogens with one attached hydrogen (secondary N) is 4. The fourth-order valence-corrected chi connectivity index (χ4v) is 6.68. The molecule has 0 aliphatic carbocycles. The molecular weight excluding hydrogens is 730 g/mol. The van der Waals surface area contributed by atoms with Crippen LogP contribution < -0.4 is 21.4 Å². The molecule has 2 aliphatic rings. The molecule has 2 heterocycles. The highest BCUT2D eigenvalue weighted by atomic mass is 16.5. The van der Waals surface area contributed by atoms with Crippen LogP contribution in [0.25, 0.3) is 0 Å². The van der Waals surface area contributed by atoms with E-state index in [0.29, 0.717) is 18.4 Å². The summed E-state index contributed by atoms with van der Waals surface area (Å²) in [5.74, 6) is -5.31. The van der Waals surface area contributed by atoms with E-state index in [1.807, 2.05) is 31.2 Å². The Kier molecular flexibility index (Phi) is 18.5. The molecule has 4 amide bonds. The second-order valence-corrected chi connectivity index (χ2v) is 15.3. The molecule has 1 aromatic rings. The number of hydrazine groups is 1. The number of allylic oxidation sites excluding steroid dienone is 4. The van der Waals surface area contributed by atoms with Crippen LogP contribution in [0.5, 0.6) is 0 Å². The lowest BCUT2D eigenvalue weighted by molar-refractivity contribution is -0.156. The number of amides is 4. The Bertz CT molecular complexity index is 1700. The highest BCUT2D eigenvalue weighted by molar-refractivity contribution is 5.93. The van der Waals surface area contributed by atoms with Crippen molar-refractivity contribution >= 4 is 35.4 Å². The molecule has 2 bridgehead atoms. The van der Waals surface area contributed by atoms with Gasteiger partial charge in [-0.1, -0.05) is 87.1 Å². The van der Waals surface area contributed by atoms with E-state index in [2.05, 4.69) is 21.4 Å². The van der Waals surface area contributed by atoms with Gasteiger partial charge in [-0.15, -0.1) is 0 Å². The molecule has 57 heavy (non-hydrogen) atoms. The van der Waals surface area contributed by atoms with Gasteiger partial charge in [0, 0.05) is 44.8 Å². The van der Waals surface area contributed by atoms with E-state index < -0.39 is 77.9 Å². The smallest absolute Gasteiger partial charge is 0.325 e. The summed E-state index contributed by atoms with van der Waals surface area (Å²) in [6.45, 7) is 10.4. The number of esters is 1. The van der Waals surface area contributed by atoms with E-state index in [1.165, 1.54) is 31.1 Å². The molecule has 8 atom stereocenters. The maximum atomic E-state index is 14.3. The molecule has 1 saturated heterocycles. The van der Waals surface area contributed by atoms with Crippen LogP contribution in [-0.4, -0.2) is 101 Å². The number of aliphatic hydroxyl groups excluding tert-OH is 2. The first-order chi connectivity index (χ1) is 27.0. The molecule has 0 radical (unpaired) electrons. The van der Waals surface area contributed by atoms with Crippen molar-refractivity contribution in [2.75, 3.05) is 13.6 Å². The zero-order valence-corrected chi connectivity index (χ0v) is 34.2. The zero-order valence-electron chi connectivity index (χ0n) is 34.2. The van der Waals surface area contributed by atoms with Crippen LogP contribution in [0.1, 0.15) is 77.8 Å². The number of rotatable bonds is 9. The van der Waals surface area contributed by atoms with E-state index >= 15 is 0 Å². The molecule has 1 fully saturated rings. The Morgan fingerprint density at radius 2 is 1.81 bits per heavy atom. The maximum absolute atomic E-state index is 14.3. The molecule has 1 aromatic carbocycles. The van der Waals surface area contributed by atoms with Gasteiger partial charge in [0.25, 0.3) is 5.91 Å². The predicted octanol–water partition coefficient (Wildman–Crippen LogP) is 2.68. The van der Waals surface area contributed by atoms with Gasteiger partial charge in [0.1, 0.15) is 30.0 Å². The number of aryl methyl sites for hydroxylation is 1. The quantitative estimate of drug-likeness (QED) is 0.123. The van der Waals surface area contributed by atoms with Crippen LogP contribution in [0.15, 0.2) is 72.4 Å². The molecule has 0 saturated carbocycles. The first-order valence-corrected chi connectivity index (χ1v) is 19.7. The summed E-state index contributed by atoms with van der Waals surface area (Å²) in [6, 6.07) is 4.42. The number of hydrogen-bond acceptors (Lipinski definition) is 10. The van der Waals surface area contributed by atoms with Crippen LogP contribution in [0.4, 0.5) is 0 Å². The lowest BCUT2D eigenvalue weighted by Crippen LogP contribution is -2.62. The minimum Gasteiger partial charge on any atom is -0.456 e. The summed E-state index contributed by atoms with van der Waals surface area (Å²) in [5.41, 5.74) is 5.41. The number of fused-ring (bicyclic) bond motifs is 2. The minimum atomic E-state index is -1.39. The first-order valence-electron chi connectivity index (χ1n) is 19.7. The maximum Gasteiger partial charge on any atom is 0.325 e. The average molecular weight is 792 g/mol. The highest BCUT2D eigenvalue weighted by Crippen LogP contribution is 2.24. The molecule has 0 aromatic heterocycles. The van der Waals surface area contributed by atoms with Gasteiger partial charge in [0.05, 0.1) is 18.1 Å². The number of carbonyl (C=O) groups is 6. The summed E-state index contributed by atoms with van der Waals surface area (Å²) in [5, 5.41) is 32.0. The number of aliphatic hydroxyl groups is 2. The first kappa shape index (κ1) is 46.5. The molecule has 2 aliphatic heterocycles. The van der Waals surface area contributed by atoms with Crippen LogP contribution in [-0.2, 0) is 39.9 Å². The minimum absolute atomic E-state index is 0.00677. The van der Waals surface area contributed by atoms with E-state index in [1.54, 1.807) is 58.1 Å². The number of hydrogen-bond donors (Lipinski definition) is 6. The van der Waals surface area contributed by atoms with Gasteiger partial charge in [0.15, 0.2) is 0 Å². The summed E-state index contributed by atoms with van der Waals surface area (Å²) in [4.78, 5) is 79.8. The summed E-state index contributed by atoms with van der Waals surface area (Å²) < 4.78 is 6.00. The Balaban J connectivity index is 2.08. The molecular formula is C43H61N5O9. The topological polar surface area (TPSA) is 203 Å². The van der Waals surface area contributed by atoms with Crippen LogP contribution in [0.2, 0.25) is 0 Å². The normalized spacial score (nSPS) is 28.7. The van der Waals surface area contributed by atoms with Gasteiger partial charge < -0.3 is 35.7 Å². The Hall–Kier alpha value is -4.92. The standard InChI is InChI=1S/C43H61N5O9/c1-26(2)38-41(54)45-34(25-31-16-11-14-27(3)24-31)42(55)48-23-13-17-33(47-48)43(56)57-36(28(4)15-12-20-37(51)44-7)19-10-8-9-18-35(50)30(6)39(52)32(40(53)46-38)22-21-29(5)49/h8-12,14-16,18,20,24,26,30,32-36,38-39,47,50,52H,13,17,19,21-23,25H2,1-7H3,(H,44,51)(H,45,54)(H,46,53)/b10-8+,18-9+,20-12+,28-15+/t30?,32-,33?,34?,35+,36+,38?,39?/m1/s1. The van der Waals surface area contributed by atoms with Crippen molar-refractivity contribution in [1.82, 2.24) is 26.4 Å². The number of Topliss-reactive ketones (excluding diaryl/α,β-unsaturated/α-hetero) is 1. The summed E-state index contributed by atoms with van der Waals surface area (Å²) in [7, 11) is 1.51. The number of ketones is 1. The third-order valence-corrected chi connectivity index (χ3v) is 10.3. The van der Waals surface area contributed by atoms with Crippen molar-refractivity contribution in [1.29, 1.82) is 0 Å². The SMILES string of the molecule is CNC(=O)/C=C/C=C(\C)[C@@H]1C/C=C/C=C/[C@H](O)C(C)C(O)[C@@H](CCC(C)=O)C(=O)NC(C(C)C)C(=O)NC(Cc2cccc(C)c2)C(=O)N2CCCC(N2)C(=O)O1. The largest absolute Gasteiger partial charge is 0.456 e. The number of likely N-dealkylation sites (N-methyl/N-ethyl adjacent to an activating group) is 1. The lowest BCUT2D eigenvalue weighted by Gasteiger charge is -2.36. The molecule has 14 nitrogen and oxygen atoms in total. The van der Waals surface area contributed by atoms with Crippen LogP contribution >= 0.6 is 0 Å². The third-order valence-electron chi connectivity index (χ3n) is 10.3. The summed E-state index contributed by atoms with van der Waals surface area (Å²) in [6.07, 6.45) is 8.82. The number of nitrogens with zero attached hydrogens (tertiary/aromatic N) is 1. The van der Waals surface area contributed by atoms with Crippen molar-refractivity contribution in [3.8, 4) is 0 Å². The number of ether oxygens (including phenoxy) is 1. The van der Waals surface area contributed by atoms with Gasteiger partial charge in [-0.25, -0.2) is 5.43 Å². The monoisotopic (exact) mass is 791 g/mol. The number of benzene rings is 1. The second kappa shape index (κ2) is 22.7. The molecule has 0 spiro atoms. The fraction of sp³-hybridized carbons (Fsp3) is 0.535. The third kappa shape index (κ3) is 14.5. The molecule has 5 unspecified atom stereocenters. The van der Waals surface area contributed by atoms with Crippen molar-refractivity contribution in [2.24, 2.45) is 17.8 Å². The highest BCUT2D eigenvalue weighted by Gasteiger charge is 2.38.